The van der Waals surface area contributed by atoms with Gasteiger partial charge in [0.25, 0.3) is 0 Å². The number of rotatable bonds is 2. The van der Waals surface area contributed by atoms with Crippen LogP contribution in [0.1, 0.15) is 44.1 Å². The molecule has 0 amide bonds. The fourth-order valence-electron chi connectivity index (χ4n) is 2.67. The van der Waals surface area contributed by atoms with Crippen molar-refractivity contribution in [2.75, 3.05) is 12.4 Å². The van der Waals surface area contributed by atoms with Gasteiger partial charge in [0, 0.05) is 18.3 Å². The molecule has 3 heteroatoms. The Bertz CT molecular complexity index is 372. The first-order valence-electron chi connectivity index (χ1n) is 6.28. The molecule has 0 unspecified atom stereocenters. The molecule has 1 aliphatic rings. The summed E-state index contributed by atoms with van der Waals surface area (Å²) >= 11 is 0. The lowest BCUT2D eigenvalue weighted by Crippen LogP contribution is -2.14. The van der Waals surface area contributed by atoms with Gasteiger partial charge in [0.05, 0.1) is 0 Å². The molecule has 1 aromatic carbocycles. The second-order valence-electron chi connectivity index (χ2n) is 5.06. The average Bonchev–Trinajstić information content (AvgIpc) is 2.30. The minimum absolute atomic E-state index is 0.0529. The maximum absolute atomic E-state index is 13.9. The van der Waals surface area contributed by atoms with E-state index in [1.165, 1.54) is 12.1 Å². The molecule has 0 saturated heterocycles. The van der Waals surface area contributed by atoms with Gasteiger partial charge in [-0.15, -0.1) is 0 Å². The van der Waals surface area contributed by atoms with Crippen molar-refractivity contribution in [2.45, 2.75) is 38.5 Å². The summed E-state index contributed by atoms with van der Waals surface area (Å²) in [5, 5.41) is 2.77. The van der Waals surface area contributed by atoms with Gasteiger partial charge in [-0.05, 0) is 36.8 Å². The van der Waals surface area contributed by atoms with Gasteiger partial charge in [-0.3, -0.25) is 0 Å². The number of hydrogen-bond acceptors (Lipinski definition) is 1. The quantitative estimate of drug-likeness (QED) is 0.811. The Morgan fingerprint density at radius 2 is 1.59 bits per heavy atom. The van der Waals surface area contributed by atoms with Crippen molar-refractivity contribution in [2.24, 2.45) is 5.92 Å². The van der Waals surface area contributed by atoms with Crippen molar-refractivity contribution >= 4 is 5.69 Å². The van der Waals surface area contributed by atoms with E-state index < -0.39 is 11.6 Å². The fraction of sp³-hybridized carbons (Fsp3) is 0.571. The lowest BCUT2D eigenvalue weighted by Gasteiger charge is -2.27. The highest BCUT2D eigenvalue weighted by molar-refractivity contribution is 5.46. The van der Waals surface area contributed by atoms with Crippen LogP contribution in [0.2, 0.25) is 0 Å². The van der Waals surface area contributed by atoms with Gasteiger partial charge in [-0.25, -0.2) is 8.78 Å². The zero-order chi connectivity index (χ0) is 12.4. The van der Waals surface area contributed by atoms with Crippen molar-refractivity contribution in [1.29, 1.82) is 0 Å². The molecule has 94 valence electrons. The maximum atomic E-state index is 13.9. The molecule has 0 bridgehead atoms. The standard InChI is InChI=1S/C14H19F2N/c1-9-3-5-10(6-4-9)14-12(15)7-11(17-2)8-13(14)16/h7-10,17H,3-6H2,1-2H3. The molecule has 0 spiro atoms. The molecule has 0 aliphatic heterocycles. The van der Waals surface area contributed by atoms with Gasteiger partial charge in [0.15, 0.2) is 0 Å². The van der Waals surface area contributed by atoms with Crippen molar-refractivity contribution in [1.82, 2.24) is 0 Å². The summed E-state index contributed by atoms with van der Waals surface area (Å²) in [5.41, 5.74) is 0.781. The highest BCUT2D eigenvalue weighted by Crippen LogP contribution is 2.38. The minimum Gasteiger partial charge on any atom is -0.388 e. The van der Waals surface area contributed by atoms with Gasteiger partial charge in [-0.2, -0.15) is 0 Å². The van der Waals surface area contributed by atoms with Crippen molar-refractivity contribution < 1.29 is 8.78 Å². The predicted molar refractivity (Wildman–Crippen MR) is 66.3 cm³/mol. The van der Waals surface area contributed by atoms with Crippen LogP contribution >= 0.6 is 0 Å². The number of halogens is 2. The number of anilines is 1. The van der Waals surface area contributed by atoms with Crippen LogP contribution in [0.3, 0.4) is 0 Å². The molecule has 1 N–H and O–H groups in total. The number of benzene rings is 1. The fourth-order valence-corrected chi connectivity index (χ4v) is 2.67. The summed E-state index contributed by atoms with van der Waals surface area (Å²) in [4.78, 5) is 0. The topological polar surface area (TPSA) is 12.0 Å². The molecule has 0 radical (unpaired) electrons. The smallest absolute Gasteiger partial charge is 0.131 e. The first-order valence-corrected chi connectivity index (χ1v) is 6.28. The van der Waals surface area contributed by atoms with Crippen molar-refractivity contribution in [3.63, 3.8) is 0 Å². The predicted octanol–water partition coefficient (Wildman–Crippen LogP) is 4.30. The van der Waals surface area contributed by atoms with Crippen LogP contribution < -0.4 is 5.32 Å². The number of hydrogen-bond donors (Lipinski definition) is 1. The van der Waals surface area contributed by atoms with Crippen LogP contribution in [0.25, 0.3) is 0 Å². The van der Waals surface area contributed by atoms with Crippen LogP contribution in [0.15, 0.2) is 12.1 Å². The molecular formula is C14H19F2N. The molecule has 17 heavy (non-hydrogen) atoms. The van der Waals surface area contributed by atoms with Gasteiger partial charge >= 0.3 is 0 Å². The Morgan fingerprint density at radius 3 is 2.06 bits per heavy atom. The van der Waals surface area contributed by atoms with E-state index in [1.54, 1.807) is 7.05 Å². The Labute approximate surface area is 101 Å². The Kier molecular flexibility index (Phi) is 3.65. The highest BCUT2D eigenvalue weighted by atomic mass is 19.1. The largest absolute Gasteiger partial charge is 0.388 e. The van der Waals surface area contributed by atoms with Gasteiger partial charge in [0.1, 0.15) is 11.6 Å². The van der Waals surface area contributed by atoms with E-state index >= 15 is 0 Å². The van der Waals surface area contributed by atoms with Gasteiger partial charge in [0.2, 0.25) is 0 Å². The monoisotopic (exact) mass is 239 g/mol. The molecule has 1 saturated carbocycles. The van der Waals surface area contributed by atoms with Crippen LogP contribution in [0.4, 0.5) is 14.5 Å². The third-order valence-corrected chi connectivity index (χ3v) is 3.79. The van der Waals surface area contributed by atoms with Crippen LogP contribution in [0.5, 0.6) is 0 Å². The molecule has 0 aromatic heterocycles. The van der Waals surface area contributed by atoms with Gasteiger partial charge in [-0.1, -0.05) is 19.8 Å². The average molecular weight is 239 g/mol. The summed E-state index contributed by atoms with van der Waals surface area (Å²) in [6, 6.07) is 2.77. The van der Waals surface area contributed by atoms with Crippen LogP contribution in [-0.4, -0.2) is 7.05 Å². The molecule has 2 rings (SSSR count). The number of nitrogens with one attached hydrogen (secondary N) is 1. The van der Waals surface area contributed by atoms with E-state index in [4.69, 9.17) is 0 Å². The Balaban J connectivity index is 2.26. The second kappa shape index (κ2) is 5.03. The summed E-state index contributed by atoms with van der Waals surface area (Å²) < 4.78 is 27.8. The lowest BCUT2D eigenvalue weighted by atomic mass is 9.79. The summed E-state index contributed by atoms with van der Waals surface area (Å²) in [6.07, 6.45) is 3.93. The van der Waals surface area contributed by atoms with E-state index in [1.807, 2.05) is 0 Å². The molecule has 1 aliphatic carbocycles. The summed E-state index contributed by atoms with van der Waals surface area (Å²) in [5.74, 6) is -0.0751. The molecule has 0 heterocycles. The third-order valence-electron chi connectivity index (χ3n) is 3.79. The normalized spacial score (nSPS) is 24.7. The molecule has 1 aromatic rings. The first kappa shape index (κ1) is 12.3. The molecule has 1 nitrogen and oxygen atoms in total. The first-order chi connectivity index (χ1) is 8.11. The summed E-state index contributed by atoms with van der Waals surface area (Å²) in [6.45, 7) is 2.20. The highest BCUT2D eigenvalue weighted by Gasteiger charge is 2.25. The maximum Gasteiger partial charge on any atom is 0.131 e. The SMILES string of the molecule is CNc1cc(F)c(C2CCC(C)CC2)c(F)c1. The Morgan fingerprint density at radius 1 is 1.06 bits per heavy atom. The summed E-state index contributed by atoms with van der Waals surface area (Å²) in [7, 11) is 1.66. The second-order valence-corrected chi connectivity index (χ2v) is 5.06. The zero-order valence-corrected chi connectivity index (χ0v) is 10.4. The van der Waals surface area contributed by atoms with Crippen molar-refractivity contribution in [3.05, 3.63) is 29.3 Å². The van der Waals surface area contributed by atoms with E-state index in [0.29, 0.717) is 11.6 Å². The molecule has 0 atom stereocenters. The molecule has 1 fully saturated rings. The van der Waals surface area contributed by atoms with E-state index in [9.17, 15) is 8.78 Å². The van der Waals surface area contributed by atoms with Crippen LogP contribution in [0, 0.1) is 17.6 Å². The molecular weight excluding hydrogens is 220 g/mol. The van der Waals surface area contributed by atoms with E-state index in [2.05, 4.69) is 12.2 Å². The lowest BCUT2D eigenvalue weighted by molar-refractivity contribution is 0.335. The minimum atomic E-state index is -0.408. The van der Waals surface area contributed by atoms with E-state index in [-0.39, 0.29) is 11.5 Å². The van der Waals surface area contributed by atoms with E-state index in [0.717, 1.165) is 25.7 Å². The van der Waals surface area contributed by atoms with Crippen molar-refractivity contribution in [3.8, 4) is 0 Å². The zero-order valence-electron chi connectivity index (χ0n) is 10.4. The third kappa shape index (κ3) is 2.59. The van der Waals surface area contributed by atoms with Crippen LogP contribution in [-0.2, 0) is 0 Å². The van der Waals surface area contributed by atoms with Gasteiger partial charge < -0.3 is 5.32 Å². The Hall–Kier alpha value is -1.12.